The van der Waals surface area contributed by atoms with E-state index in [1.165, 1.54) is 0 Å². The Morgan fingerprint density at radius 1 is 1.13 bits per heavy atom. The van der Waals surface area contributed by atoms with Gasteiger partial charge in [-0.15, -0.1) is 10.7 Å². The molecule has 2 aromatic rings. The largest absolute Gasteiger partial charge is 0.411 e. The first-order valence-electron chi connectivity index (χ1n) is 4.42. The summed E-state index contributed by atoms with van der Waals surface area (Å²) in [6, 6.07) is 17.6. The summed E-state index contributed by atoms with van der Waals surface area (Å²) in [5, 5.41) is 11.3. The summed E-state index contributed by atoms with van der Waals surface area (Å²) in [7, 11) is 0. The van der Waals surface area contributed by atoms with E-state index in [9.17, 15) is 0 Å². The molecule has 0 aliphatic rings. The maximum absolute atomic E-state index is 8.29. The first kappa shape index (κ1) is 13.7. The molecule has 0 saturated carbocycles. The molecular formula is C12H13FeNO-2. The van der Waals surface area contributed by atoms with Crippen LogP contribution in [0.4, 0.5) is 0 Å². The van der Waals surface area contributed by atoms with Gasteiger partial charge in [-0.2, -0.15) is 30.3 Å². The van der Waals surface area contributed by atoms with Crippen molar-refractivity contribution in [2.24, 2.45) is 5.16 Å². The minimum atomic E-state index is 0. The van der Waals surface area contributed by atoms with Crippen molar-refractivity contribution < 1.29 is 22.3 Å². The van der Waals surface area contributed by atoms with E-state index in [-0.39, 0.29) is 17.1 Å². The minimum absolute atomic E-state index is 0. The second-order valence-electron chi connectivity index (χ2n) is 2.82. The van der Waals surface area contributed by atoms with Crippen molar-refractivity contribution in [3.05, 3.63) is 60.2 Å². The molecule has 1 N–H and O–H groups in total. The van der Waals surface area contributed by atoms with Crippen molar-refractivity contribution in [2.75, 3.05) is 0 Å². The molecule has 0 atom stereocenters. The summed E-state index contributed by atoms with van der Waals surface area (Å²) in [4.78, 5) is 0. The second-order valence-corrected chi connectivity index (χ2v) is 2.82. The second kappa shape index (κ2) is 8.04. The van der Waals surface area contributed by atoms with E-state index in [2.05, 4.69) is 5.16 Å². The Balaban J connectivity index is 0.000000280. The zero-order valence-corrected chi connectivity index (χ0v) is 9.55. The standard InChI is InChI=1S/C7H8NO.C5H5.Fe/c1-6(8-9)7-4-2-3-5-7;1-2-4-5-3-1;/h2-5,9H,1H3;1-5H;/q2*-1;/b8-6+;;. The first-order chi connectivity index (χ1) is 6.84. The maximum Gasteiger partial charge on any atom is 0.0289 e. The monoisotopic (exact) mass is 243 g/mol. The summed E-state index contributed by atoms with van der Waals surface area (Å²) in [5.74, 6) is 0. The van der Waals surface area contributed by atoms with E-state index in [0.29, 0.717) is 5.71 Å². The number of hydrogen-bond acceptors (Lipinski definition) is 2. The quantitative estimate of drug-likeness (QED) is 0.270. The van der Waals surface area contributed by atoms with E-state index >= 15 is 0 Å². The average molecular weight is 243 g/mol. The Morgan fingerprint density at radius 3 is 2.00 bits per heavy atom. The molecule has 0 bridgehead atoms. The van der Waals surface area contributed by atoms with Crippen LogP contribution in [0, 0.1) is 0 Å². The molecule has 2 aromatic carbocycles. The molecule has 0 aliphatic carbocycles. The van der Waals surface area contributed by atoms with Crippen LogP contribution in [0.15, 0.2) is 59.8 Å². The molecule has 0 amide bonds. The van der Waals surface area contributed by atoms with Crippen LogP contribution in [0.1, 0.15) is 12.5 Å². The van der Waals surface area contributed by atoms with Crippen molar-refractivity contribution >= 4 is 5.71 Å². The Bertz CT molecular complexity index is 332. The van der Waals surface area contributed by atoms with Gasteiger partial charge in [0.05, 0.1) is 0 Å². The normalized spacial score (nSPS) is 9.80. The van der Waals surface area contributed by atoms with Gasteiger partial charge in [0.1, 0.15) is 0 Å². The van der Waals surface area contributed by atoms with Gasteiger partial charge >= 0.3 is 0 Å². The predicted molar refractivity (Wildman–Crippen MR) is 58.1 cm³/mol. The topological polar surface area (TPSA) is 32.6 Å². The summed E-state index contributed by atoms with van der Waals surface area (Å²) in [6.45, 7) is 1.76. The number of rotatable bonds is 1. The minimum Gasteiger partial charge on any atom is -0.411 e. The van der Waals surface area contributed by atoms with Gasteiger partial charge < -0.3 is 5.21 Å². The molecule has 3 heteroatoms. The van der Waals surface area contributed by atoms with Crippen LogP contribution >= 0.6 is 0 Å². The van der Waals surface area contributed by atoms with Crippen LogP contribution in [0.3, 0.4) is 0 Å². The smallest absolute Gasteiger partial charge is 0.0289 e. The summed E-state index contributed by atoms with van der Waals surface area (Å²) < 4.78 is 0. The molecule has 0 aliphatic heterocycles. The van der Waals surface area contributed by atoms with Gasteiger partial charge in [0.25, 0.3) is 0 Å². The zero-order chi connectivity index (χ0) is 10.2. The fraction of sp³-hybridized carbons (Fsp3) is 0.0833. The fourth-order valence-corrected chi connectivity index (χ4v) is 0.994. The van der Waals surface area contributed by atoms with Gasteiger partial charge in [0.15, 0.2) is 0 Å². The Hall–Kier alpha value is -1.31. The molecule has 2 nitrogen and oxygen atoms in total. The zero-order valence-electron chi connectivity index (χ0n) is 8.44. The first-order valence-corrected chi connectivity index (χ1v) is 4.42. The van der Waals surface area contributed by atoms with Crippen LogP contribution < -0.4 is 0 Å². The van der Waals surface area contributed by atoms with E-state index in [0.717, 1.165) is 5.56 Å². The molecule has 82 valence electrons. The molecule has 0 heterocycles. The van der Waals surface area contributed by atoms with Crippen LogP contribution in [0.25, 0.3) is 0 Å². The maximum atomic E-state index is 8.29. The average Bonchev–Trinajstić information content (AvgIpc) is 2.91. The van der Waals surface area contributed by atoms with Gasteiger partial charge in [0.2, 0.25) is 0 Å². The third-order valence-electron chi connectivity index (χ3n) is 1.79. The van der Waals surface area contributed by atoms with E-state index in [1.54, 1.807) is 6.92 Å². The molecule has 0 radical (unpaired) electrons. The van der Waals surface area contributed by atoms with Crippen molar-refractivity contribution in [3.63, 3.8) is 0 Å². The molecular weight excluding hydrogens is 230 g/mol. The van der Waals surface area contributed by atoms with Crippen LogP contribution in [-0.2, 0) is 17.1 Å². The van der Waals surface area contributed by atoms with Gasteiger partial charge in [-0.25, -0.2) is 24.3 Å². The van der Waals surface area contributed by atoms with Crippen LogP contribution in [0.2, 0.25) is 0 Å². The summed E-state index contributed by atoms with van der Waals surface area (Å²) in [5.41, 5.74) is 1.62. The van der Waals surface area contributed by atoms with Gasteiger partial charge in [0, 0.05) is 22.8 Å². The van der Waals surface area contributed by atoms with Gasteiger partial charge in [-0.3, -0.25) is 0 Å². The van der Waals surface area contributed by atoms with E-state index in [1.807, 2.05) is 54.6 Å². The molecule has 0 saturated heterocycles. The van der Waals surface area contributed by atoms with Crippen molar-refractivity contribution in [3.8, 4) is 0 Å². The molecule has 0 spiro atoms. The van der Waals surface area contributed by atoms with E-state index in [4.69, 9.17) is 5.21 Å². The van der Waals surface area contributed by atoms with Crippen LogP contribution in [-0.4, -0.2) is 10.9 Å². The molecule has 15 heavy (non-hydrogen) atoms. The van der Waals surface area contributed by atoms with Gasteiger partial charge in [-0.05, 0) is 6.92 Å². The third kappa shape index (κ3) is 5.21. The number of hydrogen-bond donors (Lipinski definition) is 1. The molecule has 2 rings (SSSR count). The van der Waals surface area contributed by atoms with Crippen LogP contribution in [0.5, 0.6) is 0 Å². The Labute approximate surface area is 100 Å². The van der Waals surface area contributed by atoms with E-state index < -0.39 is 0 Å². The number of nitrogens with zero attached hydrogens (tertiary/aromatic N) is 1. The summed E-state index contributed by atoms with van der Waals surface area (Å²) in [6.07, 6.45) is 0. The fourth-order valence-electron chi connectivity index (χ4n) is 0.994. The Morgan fingerprint density at radius 2 is 1.67 bits per heavy atom. The molecule has 0 unspecified atom stereocenters. The molecule has 0 fully saturated rings. The third-order valence-corrected chi connectivity index (χ3v) is 1.79. The number of oxime groups is 1. The summed E-state index contributed by atoms with van der Waals surface area (Å²) >= 11 is 0. The SMILES string of the molecule is C/C(=N\O)[c-]1cccc1.[Fe].c1cc[cH-]c1. The predicted octanol–water partition coefficient (Wildman–Crippen LogP) is 3.01. The van der Waals surface area contributed by atoms with Crippen molar-refractivity contribution in [1.82, 2.24) is 0 Å². The van der Waals surface area contributed by atoms with Gasteiger partial charge in [-0.1, -0.05) is 0 Å². The van der Waals surface area contributed by atoms with Crippen molar-refractivity contribution in [1.29, 1.82) is 0 Å². The molecule has 0 aromatic heterocycles. The van der Waals surface area contributed by atoms with Crippen molar-refractivity contribution in [2.45, 2.75) is 6.92 Å². The Kier molecular flexibility index (Phi) is 7.33.